The van der Waals surface area contributed by atoms with Gasteiger partial charge in [-0.25, -0.2) is 4.79 Å². The molecule has 29 heavy (non-hydrogen) atoms. The van der Waals surface area contributed by atoms with Gasteiger partial charge in [-0.05, 0) is 29.3 Å². The maximum atomic E-state index is 12.7. The fraction of sp³-hybridized carbons (Fsp3) is 0.273. The van der Waals surface area contributed by atoms with Crippen LogP contribution in [0.4, 0.5) is 0 Å². The molecule has 1 amide bonds. The molecule has 0 unspecified atom stereocenters. The lowest BCUT2D eigenvalue weighted by atomic mass is 10.0. The van der Waals surface area contributed by atoms with E-state index in [4.69, 9.17) is 9.47 Å². The summed E-state index contributed by atoms with van der Waals surface area (Å²) < 4.78 is 10.2. The molecule has 0 spiro atoms. The molecule has 0 radical (unpaired) electrons. The van der Waals surface area contributed by atoms with Crippen molar-refractivity contribution in [3.63, 3.8) is 0 Å². The highest BCUT2D eigenvalue weighted by molar-refractivity contribution is 9.09. The van der Waals surface area contributed by atoms with Crippen LogP contribution in [0.15, 0.2) is 54.7 Å². The van der Waals surface area contributed by atoms with E-state index in [1.54, 1.807) is 12.0 Å². The number of halogens is 1. The minimum absolute atomic E-state index is 0.116. The average Bonchev–Trinajstić information content (AvgIpc) is 3.18. The Bertz CT molecular complexity index is 984. The van der Waals surface area contributed by atoms with Crippen LogP contribution in [0.1, 0.15) is 11.1 Å². The summed E-state index contributed by atoms with van der Waals surface area (Å²) in [6, 6.07) is 14.6. The Morgan fingerprint density at radius 3 is 2.48 bits per heavy atom. The highest BCUT2D eigenvalue weighted by atomic mass is 79.9. The predicted molar refractivity (Wildman–Crippen MR) is 115 cm³/mol. The zero-order valence-corrected chi connectivity index (χ0v) is 17.9. The molecule has 6 nitrogen and oxygen atoms in total. The number of nitrogens with one attached hydrogen (secondary N) is 1. The number of aromatic amines is 1. The summed E-state index contributed by atoms with van der Waals surface area (Å²) in [6.45, 7) is 0.288. The molecule has 0 aliphatic carbocycles. The number of carbonyl (C=O) groups is 2. The lowest BCUT2D eigenvalue weighted by Crippen LogP contribution is -2.47. The number of rotatable bonds is 8. The van der Waals surface area contributed by atoms with Crippen molar-refractivity contribution < 1.29 is 19.1 Å². The van der Waals surface area contributed by atoms with E-state index in [1.807, 2.05) is 54.7 Å². The number of alkyl halides is 1. The van der Waals surface area contributed by atoms with Gasteiger partial charge in [-0.15, -0.1) is 0 Å². The van der Waals surface area contributed by atoms with Gasteiger partial charge >= 0.3 is 5.97 Å². The second-order valence-corrected chi connectivity index (χ2v) is 7.17. The summed E-state index contributed by atoms with van der Waals surface area (Å²) in [5, 5.41) is 1.14. The molecule has 2 aromatic carbocycles. The average molecular weight is 459 g/mol. The van der Waals surface area contributed by atoms with Gasteiger partial charge in [-0.3, -0.25) is 4.79 Å². The molecule has 1 N–H and O–H groups in total. The number of benzene rings is 2. The number of methoxy groups -OCH3 is 2. The fourth-order valence-electron chi connectivity index (χ4n) is 3.34. The van der Waals surface area contributed by atoms with Gasteiger partial charge in [-0.2, -0.15) is 0 Å². The van der Waals surface area contributed by atoms with Crippen LogP contribution in [-0.4, -0.2) is 47.4 Å². The molecule has 7 heteroatoms. The Morgan fingerprint density at radius 2 is 1.83 bits per heavy atom. The Balaban J connectivity index is 1.92. The number of fused-ring (bicyclic) bond motifs is 1. The number of hydrogen-bond donors (Lipinski definition) is 1. The van der Waals surface area contributed by atoms with E-state index in [0.717, 1.165) is 27.8 Å². The van der Waals surface area contributed by atoms with Crippen LogP contribution in [0.25, 0.3) is 10.9 Å². The van der Waals surface area contributed by atoms with Gasteiger partial charge in [0, 0.05) is 30.1 Å². The molecule has 0 saturated heterocycles. The van der Waals surface area contributed by atoms with Crippen molar-refractivity contribution in [3.05, 3.63) is 65.9 Å². The van der Waals surface area contributed by atoms with Crippen molar-refractivity contribution in [1.82, 2.24) is 9.88 Å². The number of ether oxygens (including phenoxy) is 2. The molecule has 3 aromatic rings. The van der Waals surface area contributed by atoms with E-state index < -0.39 is 12.0 Å². The second-order valence-electron chi connectivity index (χ2n) is 6.61. The first-order valence-electron chi connectivity index (χ1n) is 9.18. The third-order valence-corrected chi connectivity index (χ3v) is 5.36. The van der Waals surface area contributed by atoms with E-state index in [0.29, 0.717) is 6.42 Å². The minimum Gasteiger partial charge on any atom is -0.497 e. The van der Waals surface area contributed by atoms with E-state index in [2.05, 4.69) is 20.9 Å². The van der Waals surface area contributed by atoms with Gasteiger partial charge in [0.05, 0.1) is 19.5 Å². The second kappa shape index (κ2) is 9.60. The summed E-state index contributed by atoms with van der Waals surface area (Å²) in [5.41, 5.74) is 2.84. The number of H-pyrrole nitrogens is 1. The maximum Gasteiger partial charge on any atom is 0.328 e. The number of amides is 1. The molecule has 0 bridgehead atoms. The topological polar surface area (TPSA) is 71.6 Å². The molecule has 0 aliphatic heterocycles. The lowest BCUT2D eigenvalue weighted by Gasteiger charge is -2.30. The molecule has 1 atom stereocenters. The number of nitrogens with zero attached hydrogens (tertiary/aromatic N) is 1. The maximum absolute atomic E-state index is 12.7. The third-order valence-electron chi connectivity index (χ3n) is 4.88. The van der Waals surface area contributed by atoms with Gasteiger partial charge in [0.1, 0.15) is 11.8 Å². The van der Waals surface area contributed by atoms with Crippen molar-refractivity contribution in [2.75, 3.05) is 19.5 Å². The van der Waals surface area contributed by atoms with E-state index in [-0.39, 0.29) is 17.8 Å². The molecule has 0 aliphatic rings. The lowest BCUT2D eigenvalue weighted by molar-refractivity contribution is -0.152. The monoisotopic (exact) mass is 458 g/mol. The largest absolute Gasteiger partial charge is 0.497 e. The van der Waals surface area contributed by atoms with Crippen LogP contribution in [0.5, 0.6) is 5.75 Å². The number of para-hydroxylation sites is 1. The van der Waals surface area contributed by atoms with Gasteiger partial charge in [0.25, 0.3) is 0 Å². The molecule has 3 rings (SSSR count). The van der Waals surface area contributed by atoms with Gasteiger partial charge in [0.2, 0.25) is 5.91 Å². The SMILES string of the molecule is COC(=O)[C@@H](Cc1c[nH]c2ccccc12)N(Cc1ccc(OC)cc1)C(=O)CBr. The van der Waals surface area contributed by atoms with Gasteiger partial charge in [0.15, 0.2) is 0 Å². The first kappa shape index (κ1) is 20.9. The van der Waals surface area contributed by atoms with E-state index in [9.17, 15) is 9.59 Å². The summed E-state index contributed by atoms with van der Waals surface area (Å²) >= 11 is 3.24. The van der Waals surface area contributed by atoms with Crippen molar-refractivity contribution in [2.45, 2.75) is 19.0 Å². The van der Waals surface area contributed by atoms with Crippen molar-refractivity contribution in [3.8, 4) is 5.75 Å². The van der Waals surface area contributed by atoms with Crippen LogP contribution in [-0.2, 0) is 27.3 Å². The molecule has 1 heterocycles. The standard InChI is InChI=1S/C22H23BrN2O4/c1-28-17-9-7-15(8-10-17)14-25(21(26)12-23)20(22(27)29-2)11-16-13-24-19-6-4-3-5-18(16)19/h3-10,13,20,24H,11-12,14H2,1-2H3/t20-/m1/s1. The number of esters is 1. The number of hydrogen-bond acceptors (Lipinski definition) is 4. The van der Waals surface area contributed by atoms with E-state index in [1.165, 1.54) is 7.11 Å². The summed E-state index contributed by atoms with van der Waals surface area (Å²) in [7, 11) is 2.94. The van der Waals surface area contributed by atoms with Crippen LogP contribution in [0.3, 0.4) is 0 Å². The zero-order chi connectivity index (χ0) is 20.8. The van der Waals surface area contributed by atoms with Crippen LogP contribution in [0, 0.1) is 0 Å². The van der Waals surface area contributed by atoms with Crippen LogP contribution in [0.2, 0.25) is 0 Å². The van der Waals surface area contributed by atoms with Crippen LogP contribution < -0.4 is 4.74 Å². The Kier molecular flexibility index (Phi) is 6.93. The number of carbonyl (C=O) groups excluding carboxylic acids is 2. The predicted octanol–water partition coefficient (Wildman–Crippen LogP) is 3.68. The highest BCUT2D eigenvalue weighted by Crippen LogP contribution is 2.23. The first-order chi connectivity index (χ1) is 14.1. The quantitative estimate of drug-likeness (QED) is 0.412. The van der Waals surface area contributed by atoms with Crippen molar-refractivity contribution >= 4 is 38.7 Å². The molecule has 0 fully saturated rings. The highest BCUT2D eigenvalue weighted by Gasteiger charge is 2.31. The first-order valence-corrected chi connectivity index (χ1v) is 10.3. The zero-order valence-electron chi connectivity index (χ0n) is 16.4. The Morgan fingerprint density at radius 1 is 1.10 bits per heavy atom. The Hall–Kier alpha value is -2.80. The number of aromatic nitrogens is 1. The van der Waals surface area contributed by atoms with Crippen molar-refractivity contribution in [2.24, 2.45) is 0 Å². The summed E-state index contributed by atoms with van der Waals surface area (Å²) in [6.07, 6.45) is 2.23. The van der Waals surface area contributed by atoms with E-state index >= 15 is 0 Å². The van der Waals surface area contributed by atoms with Crippen molar-refractivity contribution in [1.29, 1.82) is 0 Å². The minimum atomic E-state index is -0.744. The molecule has 1 aromatic heterocycles. The molecule has 0 saturated carbocycles. The summed E-state index contributed by atoms with van der Waals surface area (Å²) in [4.78, 5) is 30.2. The molecular formula is C22H23BrN2O4. The van der Waals surface area contributed by atoms with Gasteiger partial charge < -0.3 is 19.4 Å². The normalized spacial score (nSPS) is 11.8. The van der Waals surface area contributed by atoms with Crippen LogP contribution >= 0.6 is 15.9 Å². The fourth-order valence-corrected chi connectivity index (χ4v) is 3.66. The third kappa shape index (κ3) is 4.79. The molecular weight excluding hydrogens is 436 g/mol. The Labute approximate surface area is 177 Å². The van der Waals surface area contributed by atoms with Gasteiger partial charge in [-0.1, -0.05) is 46.3 Å². The smallest absolute Gasteiger partial charge is 0.328 e. The molecule has 152 valence electrons. The summed E-state index contributed by atoms with van der Waals surface area (Å²) in [5.74, 6) is 0.101.